The standard InChI is InChI=1S/C19H23N5OS/c1-10(2)20-18(25)17-13(5)21-19(26-17)16-14(6)24(23-22-16)15-8-7-11(3)12(4)9-15/h7-10H,1-6H3,(H,20,25). The van der Waals surface area contributed by atoms with Crippen molar-refractivity contribution in [3.05, 3.63) is 45.6 Å². The average Bonchev–Trinajstić information content (AvgIpc) is 3.12. The topological polar surface area (TPSA) is 72.7 Å². The van der Waals surface area contributed by atoms with Gasteiger partial charge in [-0.15, -0.1) is 16.4 Å². The molecule has 0 saturated carbocycles. The van der Waals surface area contributed by atoms with Gasteiger partial charge in [-0.05, 0) is 64.8 Å². The highest BCUT2D eigenvalue weighted by molar-refractivity contribution is 7.17. The summed E-state index contributed by atoms with van der Waals surface area (Å²) in [6.07, 6.45) is 0. The second-order valence-corrected chi connectivity index (χ2v) is 7.76. The van der Waals surface area contributed by atoms with Gasteiger partial charge < -0.3 is 5.32 Å². The lowest BCUT2D eigenvalue weighted by Gasteiger charge is -2.06. The average molecular weight is 369 g/mol. The molecule has 0 bridgehead atoms. The molecule has 0 fully saturated rings. The van der Waals surface area contributed by atoms with Crippen LogP contribution in [0.1, 0.15) is 46.0 Å². The molecule has 0 saturated heterocycles. The normalized spacial score (nSPS) is 11.2. The van der Waals surface area contributed by atoms with Crippen LogP contribution in [0.25, 0.3) is 16.4 Å². The number of benzene rings is 1. The van der Waals surface area contributed by atoms with E-state index >= 15 is 0 Å². The van der Waals surface area contributed by atoms with E-state index in [1.54, 1.807) is 0 Å². The van der Waals surface area contributed by atoms with Crippen LogP contribution in [0.15, 0.2) is 18.2 Å². The molecule has 2 heterocycles. The van der Waals surface area contributed by atoms with E-state index in [-0.39, 0.29) is 11.9 Å². The Morgan fingerprint density at radius 3 is 2.54 bits per heavy atom. The second-order valence-electron chi connectivity index (χ2n) is 6.77. The molecule has 2 aromatic heterocycles. The van der Waals surface area contributed by atoms with Crippen LogP contribution in [0.2, 0.25) is 0 Å². The van der Waals surface area contributed by atoms with Gasteiger partial charge in [-0.3, -0.25) is 4.79 Å². The maximum absolute atomic E-state index is 12.3. The van der Waals surface area contributed by atoms with E-state index in [4.69, 9.17) is 0 Å². The number of nitrogens with one attached hydrogen (secondary N) is 1. The van der Waals surface area contributed by atoms with Crippen molar-refractivity contribution in [2.24, 2.45) is 0 Å². The Bertz CT molecular complexity index is 970. The summed E-state index contributed by atoms with van der Waals surface area (Å²) in [7, 11) is 0. The van der Waals surface area contributed by atoms with Crippen molar-refractivity contribution in [1.82, 2.24) is 25.3 Å². The van der Waals surface area contributed by atoms with Gasteiger partial charge in [0.2, 0.25) is 0 Å². The molecule has 0 unspecified atom stereocenters. The quantitative estimate of drug-likeness (QED) is 0.760. The molecule has 1 N–H and O–H groups in total. The van der Waals surface area contributed by atoms with E-state index in [9.17, 15) is 4.79 Å². The first-order valence-electron chi connectivity index (χ1n) is 8.56. The molecular formula is C19H23N5OS. The van der Waals surface area contributed by atoms with E-state index in [0.29, 0.717) is 21.3 Å². The largest absolute Gasteiger partial charge is 0.349 e. The van der Waals surface area contributed by atoms with Crippen LogP contribution < -0.4 is 5.32 Å². The monoisotopic (exact) mass is 369 g/mol. The molecule has 3 aromatic rings. The van der Waals surface area contributed by atoms with Crippen LogP contribution >= 0.6 is 11.3 Å². The maximum atomic E-state index is 12.3. The van der Waals surface area contributed by atoms with Crippen LogP contribution in [-0.4, -0.2) is 31.9 Å². The van der Waals surface area contributed by atoms with Crippen LogP contribution in [0.5, 0.6) is 0 Å². The molecule has 0 aliphatic heterocycles. The molecule has 1 amide bonds. The molecule has 0 aliphatic rings. The van der Waals surface area contributed by atoms with Crippen LogP contribution in [0, 0.1) is 27.7 Å². The maximum Gasteiger partial charge on any atom is 0.263 e. The van der Waals surface area contributed by atoms with Crippen LogP contribution in [0.4, 0.5) is 0 Å². The lowest BCUT2D eigenvalue weighted by atomic mass is 10.1. The number of carbonyl (C=O) groups excluding carboxylic acids is 1. The van der Waals surface area contributed by atoms with Crippen molar-refractivity contribution >= 4 is 17.2 Å². The minimum atomic E-state index is -0.0968. The number of amides is 1. The Balaban J connectivity index is 1.98. The Labute approximate surface area is 157 Å². The Morgan fingerprint density at radius 1 is 1.15 bits per heavy atom. The van der Waals surface area contributed by atoms with Gasteiger partial charge in [0.1, 0.15) is 15.6 Å². The number of carbonyl (C=O) groups is 1. The fourth-order valence-electron chi connectivity index (χ4n) is 2.67. The van der Waals surface area contributed by atoms with E-state index < -0.39 is 0 Å². The summed E-state index contributed by atoms with van der Waals surface area (Å²) in [4.78, 5) is 17.5. The molecule has 0 aliphatic carbocycles. The molecule has 6 nitrogen and oxygen atoms in total. The summed E-state index contributed by atoms with van der Waals surface area (Å²) in [5, 5.41) is 12.2. The van der Waals surface area contributed by atoms with Gasteiger partial charge in [0, 0.05) is 6.04 Å². The fourth-order valence-corrected chi connectivity index (χ4v) is 3.67. The summed E-state index contributed by atoms with van der Waals surface area (Å²) < 4.78 is 1.81. The Kier molecular flexibility index (Phi) is 4.91. The molecule has 3 rings (SSSR count). The minimum absolute atomic E-state index is 0.0832. The highest BCUT2D eigenvalue weighted by Gasteiger charge is 2.21. The van der Waals surface area contributed by atoms with Crippen molar-refractivity contribution in [3.8, 4) is 16.4 Å². The SMILES string of the molecule is Cc1ccc(-n2nnc(-c3nc(C)c(C(=O)NC(C)C)s3)c2C)cc1C. The van der Waals surface area contributed by atoms with Gasteiger partial charge in [0.05, 0.1) is 17.1 Å². The molecule has 0 atom stereocenters. The van der Waals surface area contributed by atoms with Crippen molar-refractivity contribution in [1.29, 1.82) is 0 Å². The molecule has 26 heavy (non-hydrogen) atoms. The fraction of sp³-hybridized carbons (Fsp3) is 0.368. The van der Waals surface area contributed by atoms with Crippen molar-refractivity contribution in [2.45, 2.75) is 47.6 Å². The number of rotatable bonds is 4. The van der Waals surface area contributed by atoms with Gasteiger partial charge in [0.15, 0.2) is 0 Å². The van der Waals surface area contributed by atoms with Crippen LogP contribution in [-0.2, 0) is 0 Å². The first-order valence-corrected chi connectivity index (χ1v) is 9.38. The summed E-state index contributed by atoms with van der Waals surface area (Å²) in [5.41, 5.74) is 5.73. The van der Waals surface area contributed by atoms with Gasteiger partial charge >= 0.3 is 0 Å². The third-order valence-electron chi connectivity index (χ3n) is 4.25. The molecular weight excluding hydrogens is 346 g/mol. The lowest BCUT2D eigenvalue weighted by Crippen LogP contribution is -2.29. The van der Waals surface area contributed by atoms with E-state index in [2.05, 4.69) is 46.6 Å². The van der Waals surface area contributed by atoms with Crippen molar-refractivity contribution in [3.63, 3.8) is 0 Å². The molecule has 1 aromatic carbocycles. The molecule has 0 radical (unpaired) electrons. The van der Waals surface area contributed by atoms with Gasteiger partial charge in [-0.2, -0.15) is 0 Å². The predicted octanol–water partition coefficient (Wildman–Crippen LogP) is 3.76. The number of hydrogen-bond donors (Lipinski definition) is 1. The zero-order valence-corrected chi connectivity index (χ0v) is 16.7. The zero-order chi connectivity index (χ0) is 19.0. The summed E-state index contributed by atoms with van der Waals surface area (Å²) in [6, 6.07) is 6.28. The Hall–Kier alpha value is -2.54. The van der Waals surface area contributed by atoms with Gasteiger partial charge in [-0.1, -0.05) is 11.3 Å². The van der Waals surface area contributed by atoms with Gasteiger partial charge in [-0.25, -0.2) is 9.67 Å². The van der Waals surface area contributed by atoms with Crippen LogP contribution in [0.3, 0.4) is 0 Å². The molecule has 136 valence electrons. The number of nitrogens with zero attached hydrogens (tertiary/aromatic N) is 4. The van der Waals surface area contributed by atoms with E-state index in [1.807, 2.05) is 38.4 Å². The second kappa shape index (κ2) is 6.99. The first-order chi connectivity index (χ1) is 12.3. The lowest BCUT2D eigenvalue weighted by molar-refractivity contribution is 0.0946. The minimum Gasteiger partial charge on any atom is -0.349 e. The zero-order valence-electron chi connectivity index (χ0n) is 15.9. The van der Waals surface area contributed by atoms with Crippen molar-refractivity contribution in [2.75, 3.05) is 0 Å². The number of thiazole rings is 1. The first kappa shape index (κ1) is 18.3. The number of aromatic nitrogens is 4. The van der Waals surface area contributed by atoms with E-state index in [1.165, 1.54) is 22.5 Å². The Morgan fingerprint density at radius 2 is 1.88 bits per heavy atom. The third kappa shape index (κ3) is 3.39. The summed E-state index contributed by atoms with van der Waals surface area (Å²) in [6.45, 7) is 11.9. The van der Waals surface area contributed by atoms with E-state index in [0.717, 1.165) is 11.4 Å². The molecule has 0 spiro atoms. The van der Waals surface area contributed by atoms with Gasteiger partial charge in [0.25, 0.3) is 5.91 Å². The number of hydrogen-bond acceptors (Lipinski definition) is 5. The number of aryl methyl sites for hydroxylation is 3. The molecule has 7 heteroatoms. The highest BCUT2D eigenvalue weighted by Crippen LogP contribution is 2.29. The third-order valence-corrected chi connectivity index (χ3v) is 5.42. The summed E-state index contributed by atoms with van der Waals surface area (Å²) in [5.74, 6) is -0.0968. The van der Waals surface area contributed by atoms with Crippen molar-refractivity contribution < 1.29 is 4.79 Å². The smallest absolute Gasteiger partial charge is 0.263 e. The highest BCUT2D eigenvalue weighted by atomic mass is 32.1. The summed E-state index contributed by atoms with van der Waals surface area (Å²) >= 11 is 1.35. The predicted molar refractivity (Wildman–Crippen MR) is 104 cm³/mol.